The second-order valence-corrected chi connectivity index (χ2v) is 8.32. The highest BCUT2D eigenvalue weighted by Crippen LogP contribution is 2.34. The zero-order chi connectivity index (χ0) is 20.2. The second-order valence-electron chi connectivity index (χ2n) is 8.32. The number of hydrogen-bond acceptors (Lipinski definition) is 4. The summed E-state index contributed by atoms with van der Waals surface area (Å²) in [7, 11) is 0. The minimum absolute atomic E-state index is 0.0956. The first kappa shape index (κ1) is 19.9. The van der Waals surface area contributed by atoms with Crippen molar-refractivity contribution in [3.63, 3.8) is 0 Å². The standard InChI is InChI=1S/C22H29N3O4/c26-20(10-13-25-21(27)16-7-2-3-8-17(16)22(25)28)23-15-18(19-9-6-14-29-19)24-11-4-1-5-12-24/h2-3,6,9,14,16-18H,1,4-5,7-8,10-13,15H2,(H,23,26)/p+1/t16-,17+,18-/m1/s1. The van der Waals surface area contributed by atoms with Crippen LogP contribution in [0.4, 0.5) is 0 Å². The summed E-state index contributed by atoms with van der Waals surface area (Å²) in [5, 5.41) is 3.00. The van der Waals surface area contributed by atoms with E-state index in [9.17, 15) is 14.4 Å². The van der Waals surface area contributed by atoms with Gasteiger partial charge in [0.15, 0.2) is 11.8 Å². The van der Waals surface area contributed by atoms with Gasteiger partial charge < -0.3 is 14.6 Å². The summed E-state index contributed by atoms with van der Waals surface area (Å²) in [6, 6.07) is 3.95. The number of nitrogens with zero attached hydrogens (tertiary/aromatic N) is 1. The number of imide groups is 1. The summed E-state index contributed by atoms with van der Waals surface area (Å²) in [6.07, 6.45) is 10.7. The van der Waals surface area contributed by atoms with Gasteiger partial charge in [-0.25, -0.2) is 0 Å². The first-order valence-corrected chi connectivity index (χ1v) is 10.8. The van der Waals surface area contributed by atoms with Crippen LogP contribution >= 0.6 is 0 Å². The molecule has 0 unspecified atom stereocenters. The molecule has 4 rings (SSSR count). The van der Waals surface area contributed by atoms with Crippen molar-refractivity contribution in [2.45, 2.75) is 44.6 Å². The van der Waals surface area contributed by atoms with Gasteiger partial charge >= 0.3 is 0 Å². The average Bonchev–Trinajstić information content (AvgIpc) is 3.36. The van der Waals surface area contributed by atoms with Crippen LogP contribution in [0, 0.1) is 11.8 Å². The van der Waals surface area contributed by atoms with Gasteiger partial charge in [0.1, 0.15) is 0 Å². The molecule has 2 aliphatic heterocycles. The Morgan fingerprint density at radius 2 is 1.83 bits per heavy atom. The fourth-order valence-electron chi connectivity index (χ4n) is 4.90. The molecule has 29 heavy (non-hydrogen) atoms. The fourth-order valence-corrected chi connectivity index (χ4v) is 4.90. The van der Waals surface area contributed by atoms with Crippen molar-refractivity contribution in [1.82, 2.24) is 10.2 Å². The molecule has 0 aromatic carbocycles. The van der Waals surface area contributed by atoms with Crippen LogP contribution in [-0.2, 0) is 14.4 Å². The molecule has 2 fully saturated rings. The van der Waals surface area contributed by atoms with Crippen molar-refractivity contribution < 1.29 is 23.7 Å². The van der Waals surface area contributed by atoms with Gasteiger partial charge in [-0.2, -0.15) is 0 Å². The van der Waals surface area contributed by atoms with Gasteiger partial charge in [0.25, 0.3) is 0 Å². The number of rotatable bonds is 7. The van der Waals surface area contributed by atoms with Crippen molar-refractivity contribution in [3.05, 3.63) is 36.3 Å². The summed E-state index contributed by atoms with van der Waals surface area (Å²) in [5.74, 6) is 0.0465. The molecule has 156 valence electrons. The molecule has 1 aromatic rings. The molecular weight excluding hydrogens is 370 g/mol. The molecule has 1 aromatic heterocycles. The molecule has 2 saturated heterocycles. The minimum Gasteiger partial charge on any atom is -0.463 e. The van der Waals surface area contributed by atoms with Crippen LogP contribution < -0.4 is 10.2 Å². The lowest BCUT2D eigenvalue weighted by Crippen LogP contribution is -3.13. The Morgan fingerprint density at radius 1 is 1.14 bits per heavy atom. The van der Waals surface area contributed by atoms with E-state index in [1.807, 2.05) is 24.3 Å². The number of piperidine rings is 1. The molecule has 0 radical (unpaired) electrons. The highest BCUT2D eigenvalue weighted by Gasteiger charge is 2.46. The normalized spacial score (nSPS) is 25.9. The molecule has 3 atom stereocenters. The minimum atomic E-state index is -0.235. The summed E-state index contributed by atoms with van der Waals surface area (Å²) in [5.41, 5.74) is 0. The Hall–Kier alpha value is -2.41. The van der Waals surface area contributed by atoms with E-state index in [0.29, 0.717) is 19.4 Å². The molecule has 0 spiro atoms. The zero-order valence-corrected chi connectivity index (χ0v) is 16.8. The van der Waals surface area contributed by atoms with Crippen LogP contribution in [0.1, 0.15) is 50.3 Å². The Balaban J connectivity index is 1.30. The van der Waals surface area contributed by atoms with E-state index in [1.165, 1.54) is 29.1 Å². The predicted molar refractivity (Wildman–Crippen MR) is 106 cm³/mol. The van der Waals surface area contributed by atoms with E-state index in [-0.39, 0.29) is 48.6 Å². The summed E-state index contributed by atoms with van der Waals surface area (Å²) >= 11 is 0. The largest absolute Gasteiger partial charge is 0.463 e. The first-order valence-electron chi connectivity index (χ1n) is 10.8. The molecule has 0 bridgehead atoms. The number of furan rings is 1. The Morgan fingerprint density at radius 3 is 2.45 bits per heavy atom. The van der Waals surface area contributed by atoms with Crippen LogP contribution in [0.15, 0.2) is 35.0 Å². The lowest BCUT2D eigenvalue weighted by atomic mass is 9.85. The van der Waals surface area contributed by atoms with Gasteiger partial charge in [-0.1, -0.05) is 12.2 Å². The van der Waals surface area contributed by atoms with E-state index < -0.39 is 0 Å². The number of carbonyl (C=O) groups is 3. The van der Waals surface area contributed by atoms with E-state index in [0.717, 1.165) is 18.8 Å². The number of amides is 3. The van der Waals surface area contributed by atoms with Crippen LogP contribution in [0.25, 0.3) is 0 Å². The average molecular weight is 400 g/mol. The van der Waals surface area contributed by atoms with E-state index in [1.54, 1.807) is 6.26 Å². The maximum atomic E-state index is 12.5. The molecule has 7 heteroatoms. The number of nitrogens with one attached hydrogen (secondary N) is 2. The summed E-state index contributed by atoms with van der Waals surface area (Å²) in [6.45, 7) is 2.82. The second kappa shape index (κ2) is 8.95. The first-order chi connectivity index (χ1) is 14.1. The Kier molecular flexibility index (Phi) is 6.13. The number of fused-ring (bicyclic) bond motifs is 1. The maximum absolute atomic E-state index is 12.5. The number of quaternary nitrogens is 1. The third-order valence-corrected chi connectivity index (χ3v) is 6.54. The van der Waals surface area contributed by atoms with Crippen molar-refractivity contribution in [2.24, 2.45) is 11.8 Å². The molecule has 0 saturated carbocycles. The molecular formula is C22H30N3O4+. The molecule has 2 N–H and O–H groups in total. The van der Waals surface area contributed by atoms with Gasteiger partial charge in [0, 0.05) is 13.0 Å². The van der Waals surface area contributed by atoms with Gasteiger partial charge in [-0.15, -0.1) is 0 Å². The SMILES string of the molecule is O=C(CCN1C(=O)[C@H]2CC=CC[C@H]2C1=O)NC[C@H](c1ccco1)[NH+]1CCCCC1. The quantitative estimate of drug-likeness (QED) is 0.525. The number of allylic oxidation sites excluding steroid dienone is 2. The fraction of sp³-hybridized carbons (Fsp3) is 0.591. The highest BCUT2D eigenvalue weighted by molar-refractivity contribution is 6.05. The van der Waals surface area contributed by atoms with Gasteiger partial charge in [-0.3, -0.25) is 19.3 Å². The van der Waals surface area contributed by atoms with E-state index in [4.69, 9.17) is 4.42 Å². The highest BCUT2D eigenvalue weighted by atomic mass is 16.3. The topological polar surface area (TPSA) is 84.1 Å². The van der Waals surface area contributed by atoms with E-state index in [2.05, 4.69) is 5.32 Å². The van der Waals surface area contributed by atoms with Gasteiger partial charge in [-0.05, 0) is 44.2 Å². The van der Waals surface area contributed by atoms with Gasteiger partial charge in [0.2, 0.25) is 17.7 Å². The monoisotopic (exact) mass is 400 g/mol. The maximum Gasteiger partial charge on any atom is 0.233 e. The molecule has 3 heterocycles. The summed E-state index contributed by atoms with van der Waals surface area (Å²) < 4.78 is 5.63. The molecule has 3 amide bonds. The van der Waals surface area contributed by atoms with Crippen molar-refractivity contribution in [3.8, 4) is 0 Å². The van der Waals surface area contributed by atoms with Gasteiger partial charge in [0.05, 0.1) is 37.7 Å². The Bertz CT molecular complexity index is 741. The zero-order valence-electron chi connectivity index (χ0n) is 16.8. The lowest BCUT2D eigenvalue weighted by molar-refractivity contribution is -0.936. The molecule has 7 nitrogen and oxygen atoms in total. The summed E-state index contributed by atoms with van der Waals surface area (Å²) in [4.78, 5) is 40.2. The third-order valence-electron chi connectivity index (χ3n) is 6.54. The van der Waals surface area contributed by atoms with Crippen LogP contribution in [0.5, 0.6) is 0 Å². The third kappa shape index (κ3) is 4.29. The smallest absolute Gasteiger partial charge is 0.233 e. The molecule has 3 aliphatic rings. The van der Waals surface area contributed by atoms with Crippen LogP contribution in [-0.4, -0.2) is 48.8 Å². The van der Waals surface area contributed by atoms with Crippen LogP contribution in [0.2, 0.25) is 0 Å². The van der Waals surface area contributed by atoms with E-state index >= 15 is 0 Å². The lowest BCUT2D eigenvalue weighted by Gasteiger charge is -2.30. The Labute approximate surface area is 171 Å². The van der Waals surface area contributed by atoms with Crippen molar-refractivity contribution >= 4 is 17.7 Å². The predicted octanol–water partition coefficient (Wildman–Crippen LogP) is 0.847. The van der Waals surface area contributed by atoms with Crippen LogP contribution in [0.3, 0.4) is 0 Å². The molecule has 1 aliphatic carbocycles. The number of hydrogen-bond donors (Lipinski definition) is 2. The number of carbonyl (C=O) groups excluding carboxylic acids is 3. The number of likely N-dealkylation sites (tertiary alicyclic amines) is 2. The van der Waals surface area contributed by atoms with Crippen molar-refractivity contribution in [1.29, 1.82) is 0 Å². The van der Waals surface area contributed by atoms with Crippen molar-refractivity contribution in [2.75, 3.05) is 26.2 Å².